The van der Waals surface area contributed by atoms with Crippen molar-refractivity contribution in [1.29, 1.82) is 0 Å². The molecule has 8 nitrogen and oxygen atoms in total. The van der Waals surface area contributed by atoms with Crippen LogP contribution in [0.4, 0.5) is 5.69 Å². The number of likely N-dealkylation sites (tertiary alicyclic amines) is 1. The van der Waals surface area contributed by atoms with Gasteiger partial charge in [-0.05, 0) is 60.7 Å². The van der Waals surface area contributed by atoms with E-state index in [0.29, 0.717) is 36.4 Å². The van der Waals surface area contributed by atoms with Gasteiger partial charge < -0.3 is 14.4 Å². The van der Waals surface area contributed by atoms with Gasteiger partial charge in [0.05, 0.1) is 23.3 Å². The molecule has 1 fully saturated rings. The van der Waals surface area contributed by atoms with Crippen LogP contribution in [-0.2, 0) is 19.6 Å². The number of benzene rings is 2. The minimum atomic E-state index is -3.92. The van der Waals surface area contributed by atoms with Crippen molar-refractivity contribution in [2.75, 3.05) is 38.2 Å². The molecule has 33 heavy (non-hydrogen) atoms. The van der Waals surface area contributed by atoms with Crippen molar-refractivity contribution < 1.29 is 27.5 Å². The van der Waals surface area contributed by atoms with Gasteiger partial charge in [0.15, 0.2) is 6.61 Å². The topological polar surface area (TPSA) is 93.2 Å². The van der Waals surface area contributed by atoms with Crippen LogP contribution in [-0.4, -0.2) is 59.0 Å². The van der Waals surface area contributed by atoms with Crippen LogP contribution >= 0.6 is 0 Å². The first kappa shape index (κ1) is 24.6. The third-order valence-corrected chi connectivity index (χ3v) is 7.49. The van der Waals surface area contributed by atoms with Crippen LogP contribution in [0.1, 0.15) is 30.6 Å². The van der Waals surface area contributed by atoms with Crippen LogP contribution in [0.15, 0.2) is 53.4 Å². The smallest absolute Gasteiger partial charge is 0.338 e. The minimum Gasteiger partial charge on any atom is -0.497 e. The Morgan fingerprint density at radius 3 is 2.30 bits per heavy atom. The van der Waals surface area contributed by atoms with Crippen LogP contribution < -0.4 is 9.04 Å². The molecule has 0 unspecified atom stereocenters. The normalized spacial score (nSPS) is 18.5. The molecule has 178 valence electrons. The molecule has 0 spiro atoms. The zero-order chi connectivity index (χ0) is 24.2. The predicted molar refractivity (Wildman–Crippen MR) is 125 cm³/mol. The summed E-state index contributed by atoms with van der Waals surface area (Å²) in [5.74, 6) is 0.420. The highest BCUT2D eigenvalue weighted by molar-refractivity contribution is 7.92. The highest BCUT2D eigenvalue weighted by Gasteiger charge is 2.27. The molecule has 2 aromatic carbocycles. The van der Waals surface area contributed by atoms with E-state index in [2.05, 4.69) is 13.8 Å². The van der Waals surface area contributed by atoms with Gasteiger partial charge in [0.1, 0.15) is 5.75 Å². The van der Waals surface area contributed by atoms with Crippen LogP contribution in [0, 0.1) is 11.8 Å². The average molecular weight is 475 g/mol. The predicted octanol–water partition coefficient (Wildman–Crippen LogP) is 3.18. The van der Waals surface area contributed by atoms with Crippen LogP contribution in [0.5, 0.6) is 5.75 Å². The first-order valence-electron chi connectivity index (χ1n) is 10.8. The van der Waals surface area contributed by atoms with E-state index in [1.54, 1.807) is 29.2 Å². The van der Waals surface area contributed by atoms with Gasteiger partial charge in [0.2, 0.25) is 0 Å². The Morgan fingerprint density at radius 1 is 1.06 bits per heavy atom. The fourth-order valence-corrected chi connectivity index (χ4v) is 5.28. The summed E-state index contributed by atoms with van der Waals surface area (Å²) >= 11 is 0. The van der Waals surface area contributed by atoms with E-state index in [-0.39, 0.29) is 23.0 Å². The number of anilines is 1. The van der Waals surface area contributed by atoms with E-state index in [4.69, 9.17) is 9.47 Å². The maximum atomic E-state index is 13.1. The maximum absolute atomic E-state index is 13.1. The summed E-state index contributed by atoms with van der Waals surface area (Å²) in [6.07, 6.45) is 1.07. The van der Waals surface area contributed by atoms with Gasteiger partial charge in [-0.1, -0.05) is 19.9 Å². The average Bonchev–Trinajstić information content (AvgIpc) is 2.81. The van der Waals surface area contributed by atoms with E-state index >= 15 is 0 Å². The third kappa shape index (κ3) is 5.84. The Balaban J connectivity index is 1.68. The fraction of sp³-hybridized carbons (Fsp3) is 0.417. The summed E-state index contributed by atoms with van der Waals surface area (Å²) < 4.78 is 37.6. The van der Waals surface area contributed by atoms with Crippen molar-refractivity contribution in [3.05, 3.63) is 54.1 Å². The molecular formula is C24H30N2O6S. The van der Waals surface area contributed by atoms with Gasteiger partial charge in [-0.3, -0.25) is 9.10 Å². The van der Waals surface area contributed by atoms with Gasteiger partial charge >= 0.3 is 5.97 Å². The van der Waals surface area contributed by atoms with E-state index in [9.17, 15) is 18.0 Å². The summed E-state index contributed by atoms with van der Waals surface area (Å²) in [7, 11) is -0.958. The number of carbonyl (C=O) groups excluding carboxylic acids is 2. The number of carbonyl (C=O) groups is 2. The molecule has 2 aromatic rings. The molecular weight excluding hydrogens is 444 g/mol. The molecule has 0 aliphatic carbocycles. The fourth-order valence-electron chi connectivity index (χ4n) is 4.04. The number of hydrogen-bond acceptors (Lipinski definition) is 6. The highest BCUT2D eigenvalue weighted by atomic mass is 32.2. The Morgan fingerprint density at radius 2 is 1.70 bits per heavy atom. The number of hydrogen-bond donors (Lipinski definition) is 0. The Hall–Kier alpha value is -3.07. The summed E-state index contributed by atoms with van der Waals surface area (Å²) in [5.41, 5.74) is 0.506. The van der Waals surface area contributed by atoms with Gasteiger partial charge in [-0.2, -0.15) is 0 Å². The maximum Gasteiger partial charge on any atom is 0.338 e. The van der Waals surface area contributed by atoms with Gasteiger partial charge in [-0.25, -0.2) is 13.2 Å². The summed E-state index contributed by atoms with van der Waals surface area (Å²) in [4.78, 5) is 26.7. The van der Waals surface area contributed by atoms with Gasteiger partial charge in [0.25, 0.3) is 15.9 Å². The number of sulfonamides is 1. The molecule has 1 amide bonds. The molecule has 3 rings (SSSR count). The number of methoxy groups -OCH3 is 1. The second-order valence-corrected chi connectivity index (χ2v) is 10.5. The number of piperidine rings is 1. The minimum absolute atomic E-state index is 0.0553. The van der Waals surface area contributed by atoms with E-state index in [1.807, 2.05) is 0 Å². The zero-order valence-electron chi connectivity index (χ0n) is 19.4. The second kappa shape index (κ2) is 10.2. The molecule has 2 atom stereocenters. The lowest BCUT2D eigenvalue weighted by Crippen LogP contribution is -2.44. The Kier molecular flexibility index (Phi) is 7.63. The quantitative estimate of drug-likeness (QED) is 0.572. The van der Waals surface area contributed by atoms with Crippen LogP contribution in [0.25, 0.3) is 0 Å². The molecule has 0 saturated carbocycles. The SMILES string of the molecule is COc1ccc(N(C)S(=O)(=O)c2cccc(C(=O)OCC(=O)N3C[C@H](C)C[C@@H](C)C3)c2)cc1. The summed E-state index contributed by atoms with van der Waals surface area (Å²) in [6.45, 7) is 5.10. The molecule has 0 bridgehead atoms. The summed E-state index contributed by atoms with van der Waals surface area (Å²) in [6, 6.07) is 12.2. The second-order valence-electron chi connectivity index (χ2n) is 8.52. The number of esters is 1. The van der Waals surface area contributed by atoms with Crippen molar-refractivity contribution >= 4 is 27.6 Å². The lowest BCUT2D eigenvalue weighted by molar-refractivity contribution is -0.137. The molecule has 1 saturated heterocycles. The number of ether oxygens (including phenoxy) is 2. The zero-order valence-corrected chi connectivity index (χ0v) is 20.2. The van der Waals surface area contributed by atoms with Crippen molar-refractivity contribution in [3.8, 4) is 5.75 Å². The first-order chi connectivity index (χ1) is 15.6. The molecule has 1 aliphatic rings. The molecule has 9 heteroatoms. The molecule has 0 N–H and O–H groups in total. The number of amides is 1. The largest absolute Gasteiger partial charge is 0.497 e. The van der Waals surface area contributed by atoms with Crippen molar-refractivity contribution in [2.45, 2.75) is 25.2 Å². The Labute approximate surface area is 195 Å². The van der Waals surface area contributed by atoms with Crippen LogP contribution in [0.2, 0.25) is 0 Å². The van der Waals surface area contributed by atoms with Crippen molar-refractivity contribution in [2.24, 2.45) is 11.8 Å². The van der Waals surface area contributed by atoms with Gasteiger partial charge in [-0.15, -0.1) is 0 Å². The molecule has 0 aromatic heterocycles. The van der Waals surface area contributed by atoms with E-state index < -0.39 is 16.0 Å². The van der Waals surface area contributed by atoms with E-state index in [1.165, 1.54) is 38.4 Å². The molecule has 1 heterocycles. The molecule has 0 radical (unpaired) electrons. The van der Waals surface area contributed by atoms with Crippen LogP contribution in [0.3, 0.4) is 0 Å². The number of nitrogens with zero attached hydrogens (tertiary/aromatic N) is 2. The van der Waals surface area contributed by atoms with Crippen molar-refractivity contribution in [1.82, 2.24) is 4.90 Å². The monoisotopic (exact) mass is 474 g/mol. The standard InChI is InChI=1S/C24H30N2O6S/c1-17-12-18(2)15-26(14-17)23(27)16-32-24(28)19-6-5-7-22(13-19)33(29,30)25(3)20-8-10-21(31-4)11-9-20/h5-11,13,17-18H,12,14-16H2,1-4H3/t17-,18-/m1/s1. The van der Waals surface area contributed by atoms with Gasteiger partial charge in [0, 0.05) is 20.1 Å². The lowest BCUT2D eigenvalue weighted by atomic mass is 9.92. The lowest BCUT2D eigenvalue weighted by Gasteiger charge is -2.34. The molecule has 1 aliphatic heterocycles. The van der Waals surface area contributed by atoms with E-state index in [0.717, 1.165) is 10.7 Å². The third-order valence-electron chi connectivity index (χ3n) is 5.71. The van der Waals surface area contributed by atoms with Crippen molar-refractivity contribution in [3.63, 3.8) is 0 Å². The highest BCUT2D eigenvalue weighted by Crippen LogP contribution is 2.25. The first-order valence-corrected chi connectivity index (χ1v) is 12.2. The summed E-state index contributed by atoms with van der Waals surface area (Å²) in [5, 5.41) is 0. The Bertz CT molecular complexity index is 1090. The number of rotatable bonds is 7.